The molecule has 0 radical (unpaired) electrons. The number of benzene rings is 2. The lowest BCUT2D eigenvalue weighted by Crippen LogP contribution is -2.35. The molecule has 1 aliphatic rings. The van der Waals surface area contributed by atoms with Crippen LogP contribution in [0, 0.1) is 5.92 Å². The summed E-state index contributed by atoms with van der Waals surface area (Å²) < 4.78 is 1.24. The molecule has 29 heavy (non-hydrogen) atoms. The van der Waals surface area contributed by atoms with Gasteiger partial charge in [0.25, 0.3) is 17.0 Å². The molecule has 1 aliphatic heterocycles. The Morgan fingerprint density at radius 1 is 1.10 bits per heavy atom. The van der Waals surface area contributed by atoms with Gasteiger partial charge in [-0.2, -0.15) is 0 Å². The quantitative estimate of drug-likeness (QED) is 0.589. The molecular formula is C22H24N4O3. The molecule has 1 amide bonds. The number of aromatic amines is 1. The van der Waals surface area contributed by atoms with E-state index in [4.69, 9.17) is 0 Å². The number of rotatable bonds is 6. The van der Waals surface area contributed by atoms with Gasteiger partial charge in [0.15, 0.2) is 0 Å². The number of hydrogen-bond donors (Lipinski definition) is 3. The van der Waals surface area contributed by atoms with E-state index in [1.807, 2.05) is 12.1 Å². The molecule has 2 aromatic carbocycles. The van der Waals surface area contributed by atoms with E-state index in [1.165, 1.54) is 4.68 Å². The van der Waals surface area contributed by atoms with Crippen molar-refractivity contribution in [2.45, 2.75) is 19.4 Å². The molecular weight excluding hydrogens is 368 g/mol. The predicted molar refractivity (Wildman–Crippen MR) is 112 cm³/mol. The van der Waals surface area contributed by atoms with Gasteiger partial charge in [-0.15, -0.1) is 0 Å². The molecule has 150 valence electrons. The predicted octanol–water partition coefficient (Wildman–Crippen LogP) is 1.27. The van der Waals surface area contributed by atoms with Gasteiger partial charge in [-0.3, -0.25) is 19.5 Å². The maximum absolute atomic E-state index is 12.5. The zero-order chi connectivity index (χ0) is 20.2. The molecule has 1 unspecified atom stereocenters. The molecule has 0 bridgehead atoms. The minimum Gasteiger partial charge on any atom is -0.350 e. The van der Waals surface area contributed by atoms with Gasteiger partial charge in [0.1, 0.15) is 0 Å². The first-order valence-electron chi connectivity index (χ1n) is 9.91. The lowest BCUT2D eigenvalue weighted by atomic mass is 9.97. The van der Waals surface area contributed by atoms with Crippen LogP contribution in [0.5, 0.6) is 0 Å². The molecule has 4 rings (SSSR count). The first kappa shape index (κ1) is 19.1. The van der Waals surface area contributed by atoms with E-state index >= 15 is 0 Å². The SMILES string of the molecule is O=C(NCCn1[nH]c(=O)c2ccccc2c1=O)c1cccc(CC2CCNC2)c1. The largest absolute Gasteiger partial charge is 0.350 e. The fourth-order valence-electron chi connectivity index (χ4n) is 3.85. The molecule has 7 heteroatoms. The second-order valence-corrected chi connectivity index (χ2v) is 7.46. The Balaban J connectivity index is 1.40. The monoisotopic (exact) mass is 392 g/mol. The average molecular weight is 392 g/mol. The first-order chi connectivity index (χ1) is 14.1. The number of nitrogens with one attached hydrogen (secondary N) is 3. The molecule has 0 saturated carbocycles. The maximum Gasteiger partial charge on any atom is 0.273 e. The maximum atomic E-state index is 12.5. The van der Waals surface area contributed by atoms with Crippen LogP contribution in [-0.4, -0.2) is 35.3 Å². The zero-order valence-corrected chi connectivity index (χ0v) is 16.1. The summed E-state index contributed by atoms with van der Waals surface area (Å²) in [6, 6.07) is 14.4. The number of amides is 1. The summed E-state index contributed by atoms with van der Waals surface area (Å²) in [7, 11) is 0. The van der Waals surface area contributed by atoms with Crippen LogP contribution in [0.2, 0.25) is 0 Å². The standard InChI is InChI=1S/C22H24N4O3/c27-20(17-5-3-4-15(13-17)12-16-8-9-23-14-16)24-10-11-26-22(29)19-7-2-1-6-18(19)21(28)25-26/h1-7,13,16,23H,8-12,14H2,(H,24,27)(H,25,28). The first-order valence-corrected chi connectivity index (χ1v) is 9.91. The Hall–Kier alpha value is -3.19. The van der Waals surface area contributed by atoms with Crippen molar-refractivity contribution >= 4 is 16.7 Å². The minimum atomic E-state index is -0.319. The van der Waals surface area contributed by atoms with Gasteiger partial charge in [0.05, 0.1) is 17.3 Å². The van der Waals surface area contributed by atoms with Crippen LogP contribution in [-0.2, 0) is 13.0 Å². The third-order valence-corrected chi connectivity index (χ3v) is 5.38. The summed E-state index contributed by atoms with van der Waals surface area (Å²) in [5.74, 6) is 0.428. The lowest BCUT2D eigenvalue weighted by Gasteiger charge is -2.11. The average Bonchev–Trinajstić information content (AvgIpc) is 3.25. The molecule has 1 fully saturated rings. The lowest BCUT2D eigenvalue weighted by molar-refractivity contribution is 0.0951. The van der Waals surface area contributed by atoms with Gasteiger partial charge in [0, 0.05) is 12.1 Å². The molecule has 1 atom stereocenters. The van der Waals surface area contributed by atoms with Crippen molar-refractivity contribution < 1.29 is 4.79 Å². The highest BCUT2D eigenvalue weighted by atomic mass is 16.2. The zero-order valence-electron chi connectivity index (χ0n) is 16.1. The van der Waals surface area contributed by atoms with Gasteiger partial charge in [-0.25, -0.2) is 4.68 Å². The number of nitrogens with zero attached hydrogens (tertiary/aromatic N) is 1. The minimum absolute atomic E-state index is 0.187. The summed E-state index contributed by atoms with van der Waals surface area (Å²) in [4.78, 5) is 37.2. The summed E-state index contributed by atoms with van der Waals surface area (Å²) in [6.07, 6.45) is 2.12. The molecule has 0 aliphatic carbocycles. The van der Waals surface area contributed by atoms with Crippen LogP contribution >= 0.6 is 0 Å². The topological polar surface area (TPSA) is 96.0 Å². The number of aromatic nitrogens is 2. The summed E-state index contributed by atoms with van der Waals surface area (Å²) in [5, 5.41) is 9.50. The Morgan fingerprint density at radius 2 is 1.93 bits per heavy atom. The Labute approximate surface area is 167 Å². The van der Waals surface area contributed by atoms with Crippen molar-refractivity contribution in [2.24, 2.45) is 5.92 Å². The molecule has 0 spiro atoms. The van der Waals surface area contributed by atoms with Crippen LogP contribution in [0.1, 0.15) is 22.3 Å². The van der Waals surface area contributed by atoms with Gasteiger partial charge in [-0.05, 0) is 61.7 Å². The van der Waals surface area contributed by atoms with Crippen molar-refractivity contribution in [2.75, 3.05) is 19.6 Å². The van der Waals surface area contributed by atoms with Gasteiger partial charge in [0.2, 0.25) is 0 Å². The number of fused-ring (bicyclic) bond motifs is 1. The number of carbonyl (C=O) groups excluding carboxylic acids is 1. The molecule has 7 nitrogen and oxygen atoms in total. The van der Waals surface area contributed by atoms with Crippen LogP contribution in [0.25, 0.3) is 10.8 Å². The van der Waals surface area contributed by atoms with E-state index in [2.05, 4.69) is 21.8 Å². The summed E-state index contributed by atoms with van der Waals surface area (Å²) in [5.41, 5.74) is 1.16. The van der Waals surface area contributed by atoms with Gasteiger partial charge in [-0.1, -0.05) is 24.3 Å². The van der Waals surface area contributed by atoms with E-state index in [-0.39, 0.29) is 30.1 Å². The molecule has 3 N–H and O–H groups in total. The van der Waals surface area contributed by atoms with Crippen molar-refractivity contribution in [3.63, 3.8) is 0 Å². The molecule has 3 aromatic rings. The normalized spacial score (nSPS) is 16.2. The van der Waals surface area contributed by atoms with Crippen LogP contribution in [0.15, 0.2) is 58.1 Å². The van der Waals surface area contributed by atoms with Gasteiger partial charge < -0.3 is 10.6 Å². The third kappa shape index (κ3) is 4.30. The highest BCUT2D eigenvalue weighted by Crippen LogP contribution is 2.16. The number of H-pyrrole nitrogens is 1. The van der Waals surface area contributed by atoms with Crippen molar-refractivity contribution in [1.82, 2.24) is 20.4 Å². The Morgan fingerprint density at radius 3 is 2.72 bits per heavy atom. The second-order valence-electron chi connectivity index (χ2n) is 7.46. The fourth-order valence-corrected chi connectivity index (χ4v) is 3.85. The van der Waals surface area contributed by atoms with E-state index in [1.54, 1.807) is 30.3 Å². The Kier molecular flexibility index (Phi) is 5.57. The van der Waals surface area contributed by atoms with Crippen LogP contribution in [0.3, 0.4) is 0 Å². The van der Waals surface area contributed by atoms with Gasteiger partial charge >= 0.3 is 0 Å². The third-order valence-electron chi connectivity index (χ3n) is 5.38. The highest BCUT2D eigenvalue weighted by molar-refractivity contribution is 5.94. The molecule has 1 aromatic heterocycles. The second kappa shape index (κ2) is 8.45. The van der Waals surface area contributed by atoms with Crippen molar-refractivity contribution in [3.8, 4) is 0 Å². The van der Waals surface area contributed by atoms with Crippen LogP contribution < -0.4 is 21.8 Å². The fraction of sp³-hybridized carbons (Fsp3) is 0.318. The van der Waals surface area contributed by atoms with E-state index in [9.17, 15) is 14.4 Å². The Bertz CT molecular complexity index is 1140. The number of carbonyl (C=O) groups is 1. The van der Waals surface area contributed by atoms with Crippen molar-refractivity contribution in [1.29, 1.82) is 0 Å². The highest BCUT2D eigenvalue weighted by Gasteiger charge is 2.15. The number of hydrogen-bond acceptors (Lipinski definition) is 4. The smallest absolute Gasteiger partial charge is 0.273 e. The van der Waals surface area contributed by atoms with Crippen LogP contribution in [0.4, 0.5) is 0 Å². The van der Waals surface area contributed by atoms with Crippen molar-refractivity contribution in [3.05, 3.63) is 80.4 Å². The molecule has 1 saturated heterocycles. The summed E-state index contributed by atoms with van der Waals surface area (Å²) in [6.45, 7) is 2.51. The van der Waals surface area contributed by atoms with E-state index < -0.39 is 0 Å². The van der Waals surface area contributed by atoms with E-state index in [0.29, 0.717) is 22.3 Å². The summed E-state index contributed by atoms with van der Waals surface area (Å²) >= 11 is 0. The molecule has 2 heterocycles. The van der Waals surface area contributed by atoms with E-state index in [0.717, 1.165) is 31.5 Å².